The average molecular weight is 221 g/mol. The molecule has 0 aliphatic carbocycles. The molecular formula is C10H8FN3O2. The quantitative estimate of drug-likeness (QED) is 0.839. The molecule has 2 rings (SSSR count). The number of anilines is 1. The van der Waals surface area contributed by atoms with Crippen molar-refractivity contribution in [1.82, 2.24) is 10.2 Å². The molecule has 1 heterocycles. The zero-order valence-corrected chi connectivity index (χ0v) is 8.40. The summed E-state index contributed by atoms with van der Waals surface area (Å²) in [6.07, 6.45) is 0. The number of carbonyl (C=O) groups excluding carboxylic acids is 1. The smallest absolute Gasteiger partial charge is 0.322 e. The van der Waals surface area contributed by atoms with Crippen molar-refractivity contribution in [3.8, 4) is 0 Å². The fourth-order valence-corrected chi connectivity index (χ4v) is 1.16. The monoisotopic (exact) mass is 221 g/mol. The summed E-state index contributed by atoms with van der Waals surface area (Å²) < 4.78 is 18.2. The van der Waals surface area contributed by atoms with Gasteiger partial charge in [-0.2, -0.15) is 0 Å². The van der Waals surface area contributed by atoms with Crippen LogP contribution in [0.25, 0.3) is 0 Å². The second kappa shape index (κ2) is 4.09. The van der Waals surface area contributed by atoms with Crippen LogP contribution in [-0.4, -0.2) is 16.1 Å². The van der Waals surface area contributed by atoms with Crippen LogP contribution in [-0.2, 0) is 0 Å². The standard InChI is InChI=1S/C10H8FN3O2/c1-6-13-14-10(16-6)12-9(15)7-4-2-3-5-8(7)11/h2-5H,1H3,(H,12,14,15). The molecule has 0 saturated carbocycles. The van der Waals surface area contributed by atoms with Crippen molar-refractivity contribution >= 4 is 11.9 Å². The van der Waals surface area contributed by atoms with Crippen molar-refractivity contribution in [2.75, 3.05) is 5.32 Å². The van der Waals surface area contributed by atoms with Crippen molar-refractivity contribution in [3.63, 3.8) is 0 Å². The molecule has 0 unspecified atom stereocenters. The van der Waals surface area contributed by atoms with E-state index in [4.69, 9.17) is 4.42 Å². The van der Waals surface area contributed by atoms with Gasteiger partial charge in [0.05, 0.1) is 5.56 Å². The third kappa shape index (κ3) is 2.05. The second-order valence-corrected chi connectivity index (χ2v) is 3.06. The molecular weight excluding hydrogens is 213 g/mol. The fraction of sp³-hybridized carbons (Fsp3) is 0.100. The summed E-state index contributed by atoms with van der Waals surface area (Å²) in [6.45, 7) is 1.59. The number of benzene rings is 1. The normalized spacial score (nSPS) is 10.1. The van der Waals surface area contributed by atoms with Crippen LogP contribution in [0.2, 0.25) is 0 Å². The Bertz CT molecular complexity index is 524. The Labute approximate surface area is 90.3 Å². The SMILES string of the molecule is Cc1nnc(NC(=O)c2ccccc2F)o1. The van der Waals surface area contributed by atoms with Gasteiger partial charge in [-0.15, -0.1) is 5.10 Å². The summed E-state index contributed by atoms with van der Waals surface area (Å²) in [5, 5.41) is 9.40. The summed E-state index contributed by atoms with van der Waals surface area (Å²) in [5.41, 5.74) is -0.0710. The van der Waals surface area contributed by atoms with Crippen molar-refractivity contribution < 1.29 is 13.6 Å². The maximum absolute atomic E-state index is 13.2. The summed E-state index contributed by atoms with van der Waals surface area (Å²) in [4.78, 5) is 11.6. The Morgan fingerprint density at radius 3 is 2.75 bits per heavy atom. The highest BCUT2D eigenvalue weighted by atomic mass is 19.1. The van der Waals surface area contributed by atoms with Crippen molar-refractivity contribution in [2.24, 2.45) is 0 Å². The van der Waals surface area contributed by atoms with E-state index in [-0.39, 0.29) is 11.6 Å². The molecule has 0 aliphatic rings. The Morgan fingerprint density at radius 2 is 2.12 bits per heavy atom. The van der Waals surface area contributed by atoms with Gasteiger partial charge in [-0.3, -0.25) is 10.1 Å². The molecule has 2 aromatic rings. The van der Waals surface area contributed by atoms with E-state index in [1.807, 2.05) is 0 Å². The zero-order valence-electron chi connectivity index (χ0n) is 8.40. The van der Waals surface area contributed by atoms with E-state index >= 15 is 0 Å². The Hall–Kier alpha value is -2.24. The largest absolute Gasteiger partial charge is 0.408 e. The van der Waals surface area contributed by atoms with Gasteiger partial charge in [0.25, 0.3) is 5.91 Å². The van der Waals surface area contributed by atoms with E-state index in [2.05, 4.69) is 15.5 Å². The first-order valence-corrected chi connectivity index (χ1v) is 4.53. The highest BCUT2D eigenvalue weighted by molar-refractivity contribution is 6.03. The third-order valence-corrected chi connectivity index (χ3v) is 1.86. The van der Waals surface area contributed by atoms with Crippen LogP contribution in [0.1, 0.15) is 16.2 Å². The molecule has 1 amide bonds. The van der Waals surface area contributed by atoms with Gasteiger partial charge < -0.3 is 4.42 Å². The molecule has 0 atom stereocenters. The Kier molecular flexibility index (Phi) is 2.63. The molecule has 0 bridgehead atoms. The molecule has 6 heteroatoms. The first-order chi connectivity index (χ1) is 7.66. The molecule has 16 heavy (non-hydrogen) atoms. The molecule has 0 saturated heterocycles. The van der Waals surface area contributed by atoms with E-state index in [1.165, 1.54) is 18.2 Å². The van der Waals surface area contributed by atoms with E-state index in [9.17, 15) is 9.18 Å². The van der Waals surface area contributed by atoms with Crippen LogP contribution in [0.4, 0.5) is 10.4 Å². The van der Waals surface area contributed by atoms with E-state index in [1.54, 1.807) is 13.0 Å². The van der Waals surface area contributed by atoms with Gasteiger partial charge in [-0.05, 0) is 12.1 Å². The van der Waals surface area contributed by atoms with Crippen molar-refractivity contribution in [2.45, 2.75) is 6.92 Å². The number of carbonyl (C=O) groups is 1. The van der Waals surface area contributed by atoms with E-state index < -0.39 is 11.7 Å². The van der Waals surface area contributed by atoms with E-state index in [0.717, 1.165) is 0 Å². The first-order valence-electron chi connectivity index (χ1n) is 4.53. The average Bonchev–Trinajstić information content (AvgIpc) is 2.64. The summed E-state index contributed by atoms with van der Waals surface area (Å²) in [6, 6.07) is 5.59. The third-order valence-electron chi connectivity index (χ3n) is 1.86. The minimum atomic E-state index is -0.623. The van der Waals surface area contributed by atoms with Gasteiger partial charge in [-0.1, -0.05) is 17.2 Å². The van der Waals surface area contributed by atoms with Crippen LogP contribution in [0.5, 0.6) is 0 Å². The number of halogens is 1. The van der Waals surface area contributed by atoms with Gasteiger partial charge in [0, 0.05) is 6.92 Å². The van der Waals surface area contributed by atoms with Crippen LogP contribution < -0.4 is 5.32 Å². The lowest BCUT2D eigenvalue weighted by Gasteiger charge is -2.00. The summed E-state index contributed by atoms with van der Waals surface area (Å²) in [7, 11) is 0. The number of hydrogen-bond donors (Lipinski definition) is 1. The lowest BCUT2D eigenvalue weighted by molar-refractivity contribution is 0.102. The summed E-state index contributed by atoms with van der Waals surface area (Å²) >= 11 is 0. The molecule has 82 valence electrons. The number of hydrogen-bond acceptors (Lipinski definition) is 4. The fourth-order valence-electron chi connectivity index (χ4n) is 1.16. The maximum atomic E-state index is 13.2. The lowest BCUT2D eigenvalue weighted by Crippen LogP contribution is -2.13. The molecule has 5 nitrogen and oxygen atoms in total. The molecule has 1 aromatic carbocycles. The molecule has 0 aliphatic heterocycles. The molecule has 1 N–H and O–H groups in total. The molecule has 0 radical (unpaired) electrons. The minimum absolute atomic E-state index is 0.0502. The topological polar surface area (TPSA) is 68.0 Å². The van der Waals surface area contributed by atoms with Crippen LogP contribution in [0.3, 0.4) is 0 Å². The van der Waals surface area contributed by atoms with Crippen LogP contribution >= 0.6 is 0 Å². The Morgan fingerprint density at radius 1 is 1.38 bits per heavy atom. The van der Waals surface area contributed by atoms with E-state index in [0.29, 0.717) is 5.89 Å². The predicted molar refractivity (Wildman–Crippen MR) is 53.4 cm³/mol. The lowest BCUT2D eigenvalue weighted by atomic mass is 10.2. The number of nitrogens with zero attached hydrogens (tertiary/aromatic N) is 2. The van der Waals surface area contributed by atoms with Gasteiger partial charge >= 0.3 is 6.01 Å². The number of nitrogens with one attached hydrogen (secondary N) is 1. The molecule has 0 fully saturated rings. The highest BCUT2D eigenvalue weighted by Crippen LogP contribution is 2.10. The first kappa shape index (κ1) is 10.3. The number of aryl methyl sites for hydroxylation is 1. The maximum Gasteiger partial charge on any atom is 0.322 e. The zero-order chi connectivity index (χ0) is 11.5. The minimum Gasteiger partial charge on any atom is -0.408 e. The summed E-state index contributed by atoms with van der Waals surface area (Å²) in [5.74, 6) is -0.901. The van der Waals surface area contributed by atoms with Gasteiger partial charge in [-0.25, -0.2) is 4.39 Å². The van der Waals surface area contributed by atoms with Crippen LogP contribution in [0, 0.1) is 12.7 Å². The number of amides is 1. The number of rotatable bonds is 2. The van der Waals surface area contributed by atoms with Gasteiger partial charge in [0.2, 0.25) is 5.89 Å². The Balaban J connectivity index is 2.18. The van der Waals surface area contributed by atoms with Crippen molar-refractivity contribution in [3.05, 3.63) is 41.5 Å². The number of aromatic nitrogens is 2. The van der Waals surface area contributed by atoms with Gasteiger partial charge in [0.1, 0.15) is 5.82 Å². The van der Waals surface area contributed by atoms with Crippen molar-refractivity contribution in [1.29, 1.82) is 0 Å². The molecule has 0 spiro atoms. The second-order valence-electron chi connectivity index (χ2n) is 3.06. The molecule has 1 aromatic heterocycles. The predicted octanol–water partition coefficient (Wildman–Crippen LogP) is 1.77. The van der Waals surface area contributed by atoms with Gasteiger partial charge in [0.15, 0.2) is 0 Å². The van der Waals surface area contributed by atoms with Crippen LogP contribution in [0.15, 0.2) is 28.7 Å². The highest BCUT2D eigenvalue weighted by Gasteiger charge is 2.13.